The number of nitrogens with zero attached hydrogens (tertiary/aromatic N) is 1. The molecule has 0 spiro atoms. The third-order valence-electron chi connectivity index (χ3n) is 2.10. The van der Waals surface area contributed by atoms with Crippen molar-refractivity contribution in [1.82, 2.24) is 4.98 Å². The number of thiazole rings is 1. The van der Waals surface area contributed by atoms with Gasteiger partial charge in [0.05, 0.1) is 4.88 Å². The van der Waals surface area contributed by atoms with Gasteiger partial charge in [0, 0.05) is 12.7 Å². The van der Waals surface area contributed by atoms with Gasteiger partial charge in [-0.15, -0.1) is 0 Å². The number of hydrogen-bond donors (Lipinski definition) is 1. The number of nitrogens with one attached hydrogen (secondary N) is 1. The van der Waals surface area contributed by atoms with Gasteiger partial charge in [-0.2, -0.15) is 0 Å². The van der Waals surface area contributed by atoms with E-state index in [4.69, 9.17) is 0 Å². The van der Waals surface area contributed by atoms with Gasteiger partial charge < -0.3 is 5.32 Å². The molecule has 0 saturated carbocycles. The molecule has 1 N–H and O–H groups in total. The predicted octanol–water partition coefficient (Wildman–Crippen LogP) is 3.66. The fourth-order valence-corrected chi connectivity index (χ4v) is 2.21. The first-order valence-electron chi connectivity index (χ1n) is 4.96. The van der Waals surface area contributed by atoms with E-state index < -0.39 is 17.5 Å². The Hall–Kier alpha value is -1.56. The SMILES string of the molecule is CCNc1ncc(-c2cc(F)c(F)c(F)c2)s1. The second-order valence-electron chi connectivity index (χ2n) is 3.31. The Labute approximate surface area is 100 Å². The van der Waals surface area contributed by atoms with Crippen LogP contribution in [-0.4, -0.2) is 11.5 Å². The second-order valence-corrected chi connectivity index (χ2v) is 4.34. The average molecular weight is 258 g/mol. The van der Waals surface area contributed by atoms with Gasteiger partial charge in [0.2, 0.25) is 0 Å². The van der Waals surface area contributed by atoms with E-state index in [1.165, 1.54) is 17.5 Å². The molecule has 0 unspecified atom stereocenters. The quantitative estimate of drug-likeness (QED) is 0.850. The van der Waals surface area contributed by atoms with Crippen LogP contribution in [0, 0.1) is 17.5 Å². The molecule has 90 valence electrons. The summed E-state index contributed by atoms with van der Waals surface area (Å²) < 4.78 is 38.8. The van der Waals surface area contributed by atoms with Crippen molar-refractivity contribution in [3.63, 3.8) is 0 Å². The lowest BCUT2D eigenvalue weighted by Gasteiger charge is -2.00. The molecule has 2 rings (SSSR count). The Balaban J connectivity index is 2.39. The van der Waals surface area contributed by atoms with Crippen LogP contribution in [-0.2, 0) is 0 Å². The van der Waals surface area contributed by atoms with Crippen molar-refractivity contribution in [2.24, 2.45) is 0 Å². The summed E-state index contributed by atoms with van der Waals surface area (Å²) in [7, 11) is 0. The van der Waals surface area contributed by atoms with Crippen molar-refractivity contribution in [3.05, 3.63) is 35.8 Å². The molecule has 2 nitrogen and oxygen atoms in total. The van der Waals surface area contributed by atoms with Crippen molar-refractivity contribution in [1.29, 1.82) is 0 Å². The van der Waals surface area contributed by atoms with Gasteiger partial charge >= 0.3 is 0 Å². The van der Waals surface area contributed by atoms with E-state index >= 15 is 0 Å². The highest BCUT2D eigenvalue weighted by molar-refractivity contribution is 7.18. The first kappa shape index (κ1) is 11.9. The molecular weight excluding hydrogens is 249 g/mol. The summed E-state index contributed by atoms with van der Waals surface area (Å²) in [5.41, 5.74) is 0.281. The molecule has 0 fully saturated rings. The first-order valence-corrected chi connectivity index (χ1v) is 5.78. The van der Waals surface area contributed by atoms with Gasteiger partial charge in [-0.1, -0.05) is 11.3 Å². The molecular formula is C11H9F3N2S. The molecule has 17 heavy (non-hydrogen) atoms. The number of rotatable bonds is 3. The molecule has 0 amide bonds. The molecule has 2 aromatic rings. The standard InChI is InChI=1S/C11H9F3N2S/c1-2-15-11-16-5-9(17-11)6-3-7(12)10(14)8(13)4-6/h3-5H,2H2,1H3,(H,15,16). The normalized spacial score (nSPS) is 10.6. The minimum Gasteiger partial charge on any atom is -0.362 e. The number of benzene rings is 1. The summed E-state index contributed by atoms with van der Waals surface area (Å²) in [6.07, 6.45) is 1.49. The summed E-state index contributed by atoms with van der Waals surface area (Å²) in [6.45, 7) is 2.62. The second kappa shape index (κ2) is 4.75. The van der Waals surface area contributed by atoms with E-state index in [1.807, 2.05) is 6.92 Å². The molecule has 1 aromatic carbocycles. The van der Waals surface area contributed by atoms with Crippen molar-refractivity contribution >= 4 is 16.5 Å². The Bertz CT molecular complexity index is 516. The fraction of sp³-hybridized carbons (Fsp3) is 0.182. The zero-order valence-electron chi connectivity index (χ0n) is 8.93. The number of aromatic nitrogens is 1. The zero-order chi connectivity index (χ0) is 12.4. The average Bonchev–Trinajstić information content (AvgIpc) is 2.74. The molecule has 0 bridgehead atoms. The highest BCUT2D eigenvalue weighted by atomic mass is 32.1. The lowest BCUT2D eigenvalue weighted by molar-refractivity contribution is 0.448. The third kappa shape index (κ3) is 2.41. The monoisotopic (exact) mass is 258 g/mol. The largest absolute Gasteiger partial charge is 0.362 e. The predicted molar refractivity (Wildman–Crippen MR) is 61.6 cm³/mol. The van der Waals surface area contributed by atoms with Gasteiger partial charge in [-0.25, -0.2) is 18.2 Å². The van der Waals surface area contributed by atoms with E-state index in [1.54, 1.807) is 0 Å². The number of hydrogen-bond acceptors (Lipinski definition) is 3. The van der Waals surface area contributed by atoms with E-state index in [2.05, 4.69) is 10.3 Å². The van der Waals surface area contributed by atoms with E-state index in [9.17, 15) is 13.2 Å². The van der Waals surface area contributed by atoms with Gasteiger partial charge in [0.15, 0.2) is 22.6 Å². The van der Waals surface area contributed by atoms with Gasteiger partial charge in [-0.3, -0.25) is 0 Å². The summed E-state index contributed by atoms with van der Waals surface area (Å²) in [6, 6.07) is 1.92. The molecule has 1 aromatic heterocycles. The molecule has 0 saturated heterocycles. The first-order chi connectivity index (χ1) is 8.11. The molecule has 0 aliphatic rings. The zero-order valence-corrected chi connectivity index (χ0v) is 9.75. The third-order valence-corrected chi connectivity index (χ3v) is 3.11. The maximum Gasteiger partial charge on any atom is 0.194 e. The summed E-state index contributed by atoms with van der Waals surface area (Å²) in [5, 5.41) is 3.64. The van der Waals surface area contributed by atoms with Crippen LogP contribution in [0.25, 0.3) is 10.4 Å². The van der Waals surface area contributed by atoms with Crippen LogP contribution in [0.4, 0.5) is 18.3 Å². The van der Waals surface area contributed by atoms with Crippen molar-refractivity contribution in [2.45, 2.75) is 6.92 Å². The van der Waals surface area contributed by atoms with Crippen molar-refractivity contribution < 1.29 is 13.2 Å². The highest BCUT2D eigenvalue weighted by Gasteiger charge is 2.13. The molecule has 0 aliphatic heterocycles. The van der Waals surface area contributed by atoms with Crippen LogP contribution < -0.4 is 5.32 Å². The Morgan fingerprint density at radius 3 is 2.47 bits per heavy atom. The minimum absolute atomic E-state index is 0.281. The van der Waals surface area contributed by atoms with E-state index in [0.29, 0.717) is 16.6 Å². The molecule has 0 radical (unpaired) electrons. The molecule has 0 atom stereocenters. The smallest absolute Gasteiger partial charge is 0.194 e. The Kier molecular flexibility index (Phi) is 3.33. The maximum absolute atomic E-state index is 13.0. The lowest BCUT2D eigenvalue weighted by atomic mass is 10.2. The number of halogens is 3. The molecule has 1 heterocycles. The summed E-state index contributed by atoms with van der Waals surface area (Å²) in [4.78, 5) is 4.62. The van der Waals surface area contributed by atoms with E-state index in [-0.39, 0.29) is 5.56 Å². The fourth-order valence-electron chi connectivity index (χ4n) is 1.34. The topological polar surface area (TPSA) is 24.9 Å². The van der Waals surface area contributed by atoms with Crippen molar-refractivity contribution in [2.75, 3.05) is 11.9 Å². The van der Waals surface area contributed by atoms with Crippen LogP contribution in [0.1, 0.15) is 6.92 Å². The molecule has 0 aliphatic carbocycles. The Morgan fingerprint density at radius 2 is 1.88 bits per heavy atom. The van der Waals surface area contributed by atoms with Crippen LogP contribution in [0.15, 0.2) is 18.3 Å². The number of anilines is 1. The van der Waals surface area contributed by atoms with Crippen LogP contribution >= 0.6 is 11.3 Å². The van der Waals surface area contributed by atoms with Gasteiger partial charge in [0.1, 0.15) is 0 Å². The molecule has 6 heteroatoms. The van der Waals surface area contributed by atoms with Crippen LogP contribution in [0.5, 0.6) is 0 Å². The summed E-state index contributed by atoms with van der Waals surface area (Å²) in [5.74, 6) is -3.85. The summed E-state index contributed by atoms with van der Waals surface area (Å²) >= 11 is 1.26. The van der Waals surface area contributed by atoms with Gasteiger partial charge in [-0.05, 0) is 24.6 Å². The van der Waals surface area contributed by atoms with Gasteiger partial charge in [0.25, 0.3) is 0 Å². The lowest BCUT2D eigenvalue weighted by Crippen LogP contribution is -1.94. The van der Waals surface area contributed by atoms with Crippen LogP contribution in [0.3, 0.4) is 0 Å². The Morgan fingerprint density at radius 1 is 1.24 bits per heavy atom. The minimum atomic E-state index is -1.45. The highest BCUT2D eigenvalue weighted by Crippen LogP contribution is 2.30. The van der Waals surface area contributed by atoms with Crippen molar-refractivity contribution in [3.8, 4) is 10.4 Å². The van der Waals surface area contributed by atoms with E-state index in [0.717, 1.165) is 12.1 Å². The van der Waals surface area contributed by atoms with Crippen LogP contribution in [0.2, 0.25) is 0 Å². The maximum atomic E-state index is 13.0.